The minimum absolute atomic E-state index is 0.0512. The van der Waals surface area contributed by atoms with E-state index in [1.165, 1.54) is 18.2 Å². The lowest BCUT2D eigenvalue weighted by molar-refractivity contribution is -0.153. The van der Waals surface area contributed by atoms with E-state index in [1.54, 1.807) is 0 Å². The molecule has 21 heavy (non-hydrogen) atoms. The maximum Gasteiger partial charge on any atom is 0.422 e. The average molecular weight is 302 g/mol. The quantitative estimate of drug-likeness (QED) is 0.658. The second kappa shape index (κ2) is 5.63. The van der Waals surface area contributed by atoms with Crippen LogP contribution in [0.25, 0.3) is 0 Å². The third-order valence-electron chi connectivity index (χ3n) is 3.07. The van der Waals surface area contributed by atoms with Gasteiger partial charge in [0.05, 0.1) is 11.6 Å². The highest BCUT2D eigenvalue weighted by atomic mass is 19.4. The van der Waals surface area contributed by atoms with Crippen molar-refractivity contribution in [1.82, 2.24) is 5.32 Å². The monoisotopic (exact) mass is 302 g/mol. The molecule has 2 rings (SSSR count). The molecule has 0 aromatic heterocycles. The summed E-state index contributed by atoms with van der Waals surface area (Å²) in [5, 5.41) is 2.19. The molecule has 1 aliphatic heterocycles. The van der Waals surface area contributed by atoms with E-state index in [0.717, 1.165) is 0 Å². The van der Waals surface area contributed by atoms with Crippen LogP contribution in [-0.4, -0.2) is 24.6 Å². The molecule has 2 amide bonds. The molecule has 1 unspecified atom stereocenters. The van der Waals surface area contributed by atoms with E-state index >= 15 is 0 Å². The Hall–Kier alpha value is -2.25. The first kappa shape index (κ1) is 15.1. The average Bonchev–Trinajstić information content (AvgIpc) is 2.37. The molecular weight excluding hydrogens is 289 g/mol. The van der Waals surface area contributed by atoms with Crippen LogP contribution in [0.4, 0.5) is 18.9 Å². The van der Waals surface area contributed by atoms with Crippen molar-refractivity contribution in [1.29, 1.82) is 0 Å². The van der Waals surface area contributed by atoms with Gasteiger partial charge in [-0.2, -0.15) is 13.2 Å². The number of halogens is 3. The van der Waals surface area contributed by atoms with Crippen LogP contribution in [0.3, 0.4) is 0 Å². The van der Waals surface area contributed by atoms with Gasteiger partial charge in [-0.05, 0) is 24.1 Å². The Morgan fingerprint density at radius 1 is 1.33 bits per heavy atom. The molecule has 1 saturated heterocycles. The van der Waals surface area contributed by atoms with Gasteiger partial charge in [0.1, 0.15) is 5.75 Å². The molecule has 0 bridgehead atoms. The van der Waals surface area contributed by atoms with Gasteiger partial charge in [0.15, 0.2) is 6.61 Å². The van der Waals surface area contributed by atoms with E-state index in [-0.39, 0.29) is 23.8 Å². The SMILES string of the molecule is Nc1ccc(C2CCC(=O)NC2=O)cc1OCC(F)(F)F. The zero-order chi connectivity index (χ0) is 15.6. The highest BCUT2D eigenvalue weighted by Gasteiger charge is 2.30. The number of ether oxygens (including phenoxy) is 1. The molecule has 0 radical (unpaired) electrons. The fraction of sp³-hybridized carbons (Fsp3) is 0.385. The van der Waals surface area contributed by atoms with Crippen LogP contribution >= 0.6 is 0 Å². The Morgan fingerprint density at radius 3 is 2.67 bits per heavy atom. The van der Waals surface area contributed by atoms with Crippen molar-refractivity contribution in [2.45, 2.75) is 24.9 Å². The van der Waals surface area contributed by atoms with Crippen molar-refractivity contribution < 1.29 is 27.5 Å². The van der Waals surface area contributed by atoms with Crippen LogP contribution in [0.2, 0.25) is 0 Å². The van der Waals surface area contributed by atoms with Crippen molar-refractivity contribution in [3.05, 3.63) is 23.8 Å². The summed E-state index contributed by atoms with van der Waals surface area (Å²) in [6, 6.07) is 4.22. The van der Waals surface area contributed by atoms with Crippen molar-refractivity contribution in [3.63, 3.8) is 0 Å². The number of nitrogens with one attached hydrogen (secondary N) is 1. The summed E-state index contributed by atoms with van der Waals surface area (Å²) in [4.78, 5) is 22.8. The zero-order valence-electron chi connectivity index (χ0n) is 10.9. The molecular formula is C13H13F3N2O3. The molecule has 1 fully saturated rings. The Labute approximate surface area is 118 Å². The lowest BCUT2D eigenvalue weighted by atomic mass is 9.90. The molecule has 3 N–H and O–H groups in total. The van der Waals surface area contributed by atoms with Gasteiger partial charge in [0.25, 0.3) is 0 Å². The molecule has 0 spiro atoms. The van der Waals surface area contributed by atoms with Gasteiger partial charge in [-0.3, -0.25) is 14.9 Å². The Bertz CT molecular complexity index is 572. The number of imide groups is 1. The molecule has 0 saturated carbocycles. The number of benzene rings is 1. The maximum atomic E-state index is 12.2. The second-order valence-electron chi connectivity index (χ2n) is 4.70. The normalized spacial score (nSPS) is 19.3. The summed E-state index contributed by atoms with van der Waals surface area (Å²) in [6.45, 7) is -1.46. The molecule has 1 aromatic rings. The van der Waals surface area contributed by atoms with Crippen LogP contribution in [0, 0.1) is 0 Å². The summed E-state index contributed by atoms with van der Waals surface area (Å²) >= 11 is 0. The van der Waals surface area contributed by atoms with Gasteiger partial charge >= 0.3 is 6.18 Å². The van der Waals surface area contributed by atoms with Crippen molar-refractivity contribution in [2.75, 3.05) is 12.3 Å². The van der Waals surface area contributed by atoms with Gasteiger partial charge in [0.2, 0.25) is 11.8 Å². The predicted octanol–water partition coefficient (Wildman–Crippen LogP) is 1.73. The minimum Gasteiger partial charge on any atom is -0.482 e. The fourth-order valence-corrected chi connectivity index (χ4v) is 2.06. The number of anilines is 1. The summed E-state index contributed by atoms with van der Waals surface area (Å²) in [7, 11) is 0. The number of rotatable bonds is 3. The molecule has 8 heteroatoms. The number of piperidine rings is 1. The molecule has 0 aliphatic carbocycles. The molecule has 1 atom stereocenters. The molecule has 1 aromatic carbocycles. The van der Waals surface area contributed by atoms with Crippen molar-refractivity contribution in [3.8, 4) is 5.75 Å². The Morgan fingerprint density at radius 2 is 2.05 bits per heavy atom. The lowest BCUT2D eigenvalue weighted by Crippen LogP contribution is -2.39. The fourth-order valence-electron chi connectivity index (χ4n) is 2.06. The second-order valence-corrected chi connectivity index (χ2v) is 4.70. The number of carbonyl (C=O) groups is 2. The number of nitrogen functional groups attached to an aromatic ring is 1. The number of alkyl halides is 3. The van der Waals surface area contributed by atoms with Crippen LogP contribution < -0.4 is 15.8 Å². The van der Waals surface area contributed by atoms with Crippen LogP contribution in [-0.2, 0) is 9.59 Å². The van der Waals surface area contributed by atoms with Gasteiger partial charge in [-0.25, -0.2) is 0 Å². The number of nitrogens with two attached hydrogens (primary N) is 1. The van der Waals surface area contributed by atoms with E-state index in [2.05, 4.69) is 10.1 Å². The number of amides is 2. The van der Waals surface area contributed by atoms with E-state index in [0.29, 0.717) is 12.0 Å². The maximum absolute atomic E-state index is 12.2. The minimum atomic E-state index is -4.48. The molecule has 1 heterocycles. The summed E-state index contributed by atoms with van der Waals surface area (Å²) in [5.74, 6) is -1.57. The first-order valence-corrected chi connectivity index (χ1v) is 6.19. The Balaban J connectivity index is 2.18. The van der Waals surface area contributed by atoms with Crippen LogP contribution in [0.1, 0.15) is 24.3 Å². The standard InChI is InChI=1S/C13H13F3N2O3/c14-13(15,16)6-21-10-5-7(1-3-9(10)17)8-2-4-11(19)18-12(8)20/h1,3,5,8H,2,4,6,17H2,(H,18,19,20). The Kier molecular flexibility index (Phi) is 4.06. The number of hydrogen-bond acceptors (Lipinski definition) is 4. The summed E-state index contributed by atoms with van der Waals surface area (Å²) < 4.78 is 41.1. The number of hydrogen-bond donors (Lipinski definition) is 2. The molecule has 5 nitrogen and oxygen atoms in total. The summed E-state index contributed by atoms with van der Waals surface area (Å²) in [6.07, 6.45) is -4.00. The van der Waals surface area contributed by atoms with Gasteiger partial charge in [-0.15, -0.1) is 0 Å². The van der Waals surface area contributed by atoms with Crippen molar-refractivity contribution >= 4 is 17.5 Å². The topological polar surface area (TPSA) is 81.4 Å². The number of carbonyl (C=O) groups excluding carboxylic acids is 2. The third kappa shape index (κ3) is 3.87. The molecule has 114 valence electrons. The van der Waals surface area contributed by atoms with Crippen LogP contribution in [0.5, 0.6) is 5.75 Å². The largest absolute Gasteiger partial charge is 0.482 e. The highest BCUT2D eigenvalue weighted by molar-refractivity contribution is 6.01. The van der Waals surface area contributed by atoms with E-state index < -0.39 is 24.6 Å². The zero-order valence-corrected chi connectivity index (χ0v) is 10.9. The van der Waals surface area contributed by atoms with Gasteiger partial charge in [0, 0.05) is 6.42 Å². The van der Waals surface area contributed by atoms with E-state index in [4.69, 9.17) is 5.73 Å². The van der Waals surface area contributed by atoms with E-state index in [1.807, 2.05) is 0 Å². The highest BCUT2D eigenvalue weighted by Crippen LogP contribution is 2.31. The lowest BCUT2D eigenvalue weighted by Gasteiger charge is -2.22. The van der Waals surface area contributed by atoms with Gasteiger partial charge in [-0.1, -0.05) is 6.07 Å². The predicted molar refractivity (Wildman–Crippen MR) is 67.5 cm³/mol. The third-order valence-corrected chi connectivity index (χ3v) is 3.07. The van der Waals surface area contributed by atoms with Crippen LogP contribution in [0.15, 0.2) is 18.2 Å². The molecule has 1 aliphatic rings. The first-order valence-electron chi connectivity index (χ1n) is 6.19. The first-order chi connectivity index (χ1) is 9.76. The smallest absolute Gasteiger partial charge is 0.422 e. The summed E-state index contributed by atoms with van der Waals surface area (Å²) in [5.41, 5.74) is 6.07. The van der Waals surface area contributed by atoms with Gasteiger partial charge < -0.3 is 10.5 Å². The van der Waals surface area contributed by atoms with E-state index in [9.17, 15) is 22.8 Å². The van der Waals surface area contributed by atoms with Crippen molar-refractivity contribution in [2.24, 2.45) is 0 Å².